The fourth-order valence-electron chi connectivity index (χ4n) is 2.46. The normalized spacial score (nSPS) is 16.5. The summed E-state index contributed by atoms with van der Waals surface area (Å²) < 4.78 is 13.3. The molecule has 1 fully saturated rings. The van der Waals surface area contributed by atoms with E-state index in [9.17, 15) is 4.39 Å². The molecule has 3 rings (SSSR count). The van der Waals surface area contributed by atoms with Gasteiger partial charge in [-0.25, -0.2) is 14.4 Å². The number of nitrogens with one attached hydrogen (secondary N) is 1. The number of halogens is 1. The number of hydrogen-bond donors (Lipinski definition) is 1. The van der Waals surface area contributed by atoms with Crippen molar-refractivity contribution in [3.05, 3.63) is 48.2 Å². The van der Waals surface area contributed by atoms with Crippen molar-refractivity contribution in [2.45, 2.75) is 18.8 Å². The first-order valence-corrected chi connectivity index (χ1v) is 6.62. The Kier molecular flexibility index (Phi) is 3.51. The number of hydrogen-bond acceptors (Lipinski definition) is 3. The molecule has 19 heavy (non-hydrogen) atoms. The monoisotopic (exact) mass is 257 g/mol. The fraction of sp³-hybridized carbons (Fsp3) is 0.333. The van der Waals surface area contributed by atoms with Gasteiger partial charge in [-0.05, 0) is 44.1 Å². The zero-order valence-electron chi connectivity index (χ0n) is 10.6. The van der Waals surface area contributed by atoms with Crippen molar-refractivity contribution in [1.29, 1.82) is 0 Å². The van der Waals surface area contributed by atoms with E-state index in [4.69, 9.17) is 0 Å². The van der Waals surface area contributed by atoms with Gasteiger partial charge in [0.1, 0.15) is 11.6 Å². The van der Waals surface area contributed by atoms with E-state index in [2.05, 4.69) is 15.3 Å². The average Bonchev–Trinajstić information content (AvgIpc) is 2.48. The summed E-state index contributed by atoms with van der Waals surface area (Å²) in [4.78, 5) is 8.98. The van der Waals surface area contributed by atoms with E-state index in [0.717, 1.165) is 43.0 Å². The molecule has 1 N–H and O–H groups in total. The molecule has 0 aliphatic carbocycles. The van der Waals surface area contributed by atoms with Crippen LogP contribution in [0.3, 0.4) is 0 Å². The lowest BCUT2D eigenvalue weighted by Gasteiger charge is -2.21. The largest absolute Gasteiger partial charge is 0.317 e. The topological polar surface area (TPSA) is 37.8 Å². The van der Waals surface area contributed by atoms with Gasteiger partial charge in [-0.1, -0.05) is 12.1 Å². The molecule has 0 saturated carbocycles. The molecule has 2 aromatic rings. The molecule has 0 unspecified atom stereocenters. The minimum Gasteiger partial charge on any atom is -0.317 e. The van der Waals surface area contributed by atoms with E-state index in [-0.39, 0.29) is 5.82 Å². The number of benzene rings is 1. The zero-order chi connectivity index (χ0) is 13.1. The highest BCUT2D eigenvalue weighted by molar-refractivity contribution is 5.58. The Morgan fingerprint density at radius 2 is 2.00 bits per heavy atom. The van der Waals surface area contributed by atoms with Crippen molar-refractivity contribution >= 4 is 0 Å². The summed E-state index contributed by atoms with van der Waals surface area (Å²) in [5, 5.41) is 3.33. The molecule has 2 heterocycles. The SMILES string of the molecule is Fc1cccc(-c2ccnc(C3CCNCC3)n2)c1. The van der Waals surface area contributed by atoms with Crippen molar-refractivity contribution in [2.24, 2.45) is 0 Å². The van der Waals surface area contributed by atoms with Gasteiger partial charge >= 0.3 is 0 Å². The van der Waals surface area contributed by atoms with E-state index in [1.54, 1.807) is 12.3 Å². The molecule has 0 radical (unpaired) electrons. The van der Waals surface area contributed by atoms with Gasteiger partial charge in [-0.2, -0.15) is 0 Å². The van der Waals surface area contributed by atoms with Crippen LogP contribution >= 0.6 is 0 Å². The third-order valence-corrected chi connectivity index (χ3v) is 3.50. The van der Waals surface area contributed by atoms with Crippen LogP contribution in [0.5, 0.6) is 0 Å². The summed E-state index contributed by atoms with van der Waals surface area (Å²) in [6.07, 6.45) is 3.89. The second-order valence-corrected chi connectivity index (χ2v) is 4.83. The van der Waals surface area contributed by atoms with Crippen molar-refractivity contribution in [3.8, 4) is 11.3 Å². The lowest BCUT2D eigenvalue weighted by molar-refractivity contribution is 0.445. The Morgan fingerprint density at radius 3 is 2.79 bits per heavy atom. The van der Waals surface area contributed by atoms with Crippen LogP contribution in [0.4, 0.5) is 4.39 Å². The van der Waals surface area contributed by atoms with Crippen LogP contribution in [0.15, 0.2) is 36.5 Å². The second-order valence-electron chi connectivity index (χ2n) is 4.83. The van der Waals surface area contributed by atoms with Crippen molar-refractivity contribution in [3.63, 3.8) is 0 Å². The molecule has 4 heteroatoms. The molecule has 1 saturated heterocycles. The van der Waals surface area contributed by atoms with Crippen LogP contribution in [-0.2, 0) is 0 Å². The van der Waals surface area contributed by atoms with Gasteiger partial charge < -0.3 is 5.32 Å². The van der Waals surface area contributed by atoms with Gasteiger partial charge in [0.2, 0.25) is 0 Å². The van der Waals surface area contributed by atoms with Gasteiger partial charge in [0.25, 0.3) is 0 Å². The molecular weight excluding hydrogens is 241 g/mol. The minimum absolute atomic E-state index is 0.237. The van der Waals surface area contributed by atoms with Crippen molar-refractivity contribution < 1.29 is 4.39 Å². The number of aromatic nitrogens is 2. The molecule has 0 amide bonds. The Bertz CT molecular complexity index is 565. The Labute approximate surface area is 111 Å². The minimum atomic E-state index is -0.237. The highest BCUT2D eigenvalue weighted by Crippen LogP contribution is 2.24. The van der Waals surface area contributed by atoms with E-state index in [1.165, 1.54) is 12.1 Å². The second kappa shape index (κ2) is 5.45. The smallest absolute Gasteiger partial charge is 0.132 e. The molecule has 1 aliphatic heterocycles. The van der Waals surface area contributed by atoms with Crippen LogP contribution in [-0.4, -0.2) is 23.1 Å². The highest BCUT2D eigenvalue weighted by atomic mass is 19.1. The summed E-state index contributed by atoms with van der Waals surface area (Å²) in [7, 11) is 0. The van der Waals surface area contributed by atoms with E-state index < -0.39 is 0 Å². The summed E-state index contributed by atoms with van der Waals surface area (Å²) >= 11 is 0. The predicted molar refractivity (Wildman–Crippen MR) is 72.3 cm³/mol. The first-order chi connectivity index (χ1) is 9.33. The number of rotatable bonds is 2. The first-order valence-electron chi connectivity index (χ1n) is 6.62. The van der Waals surface area contributed by atoms with E-state index >= 15 is 0 Å². The highest BCUT2D eigenvalue weighted by Gasteiger charge is 2.18. The lowest BCUT2D eigenvalue weighted by atomic mass is 9.97. The van der Waals surface area contributed by atoms with Crippen LogP contribution in [0, 0.1) is 5.82 Å². The lowest BCUT2D eigenvalue weighted by Crippen LogP contribution is -2.27. The first kappa shape index (κ1) is 12.2. The van der Waals surface area contributed by atoms with Crippen molar-refractivity contribution in [2.75, 3.05) is 13.1 Å². The van der Waals surface area contributed by atoms with Gasteiger partial charge in [0.05, 0.1) is 5.69 Å². The van der Waals surface area contributed by atoms with E-state index in [1.807, 2.05) is 12.1 Å². The van der Waals surface area contributed by atoms with Gasteiger partial charge in [-0.15, -0.1) is 0 Å². The molecular formula is C15H16FN3. The molecule has 0 atom stereocenters. The van der Waals surface area contributed by atoms with E-state index in [0.29, 0.717) is 5.92 Å². The maximum atomic E-state index is 13.3. The van der Waals surface area contributed by atoms with Gasteiger partial charge in [-0.3, -0.25) is 0 Å². The van der Waals surface area contributed by atoms with Crippen LogP contribution in [0.25, 0.3) is 11.3 Å². The summed E-state index contributed by atoms with van der Waals surface area (Å²) in [5.41, 5.74) is 1.60. The van der Waals surface area contributed by atoms with Crippen molar-refractivity contribution in [1.82, 2.24) is 15.3 Å². The van der Waals surface area contributed by atoms with Gasteiger partial charge in [0, 0.05) is 17.7 Å². The summed E-state index contributed by atoms with van der Waals surface area (Å²) in [6.45, 7) is 2.02. The molecule has 3 nitrogen and oxygen atoms in total. The molecule has 1 aliphatic rings. The number of nitrogens with zero attached hydrogens (tertiary/aromatic N) is 2. The summed E-state index contributed by atoms with van der Waals surface area (Å²) in [5.74, 6) is 1.05. The number of piperidine rings is 1. The third-order valence-electron chi connectivity index (χ3n) is 3.50. The predicted octanol–water partition coefficient (Wildman–Crippen LogP) is 2.75. The molecule has 0 bridgehead atoms. The molecule has 98 valence electrons. The molecule has 0 spiro atoms. The maximum Gasteiger partial charge on any atom is 0.132 e. The van der Waals surface area contributed by atoms with Crippen LogP contribution in [0.1, 0.15) is 24.6 Å². The van der Waals surface area contributed by atoms with Crippen LogP contribution < -0.4 is 5.32 Å². The van der Waals surface area contributed by atoms with Gasteiger partial charge in [0.15, 0.2) is 0 Å². The molecule has 1 aromatic carbocycles. The third kappa shape index (κ3) is 2.79. The standard InChI is InChI=1S/C15H16FN3/c16-13-3-1-2-12(10-13)14-6-9-18-15(19-14)11-4-7-17-8-5-11/h1-3,6,9-11,17H,4-5,7-8H2. The Morgan fingerprint density at radius 1 is 1.16 bits per heavy atom. The zero-order valence-corrected chi connectivity index (χ0v) is 10.6. The quantitative estimate of drug-likeness (QED) is 0.899. The maximum absolute atomic E-state index is 13.3. The summed E-state index contributed by atoms with van der Waals surface area (Å²) in [6, 6.07) is 8.36. The fourth-order valence-corrected chi connectivity index (χ4v) is 2.46. The Hall–Kier alpha value is -1.81. The van der Waals surface area contributed by atoms with Crippen LogP contribution in [0.2, 0.25) is 0 Å². The average molecular weight is 257 g/mol. The molecule has 1 aromatic heterocycles. The Balaban J connectivity index is 1.91.